The normalized spacial score (nSPS) is 13.1. The summed E-state index contributed by atoms with van der Waals surface area (Å²) in [4.78, 5) is 15.8. The Labute approximate surface area is 328 Å². The van der Waals surface area contributed by atoms with E-state index in [1.165, 1.54) is 193 Å². The van der Waals surface area contributed by atoms with E-state index in [0.717, 1.165) is 51.5 Å². The van der Waals surface area contributed by atoms with E-state index < -0.39 is 5.60 Å². The predicted octanol–water partition coefficient (Wildman–Crippen LogP) is 16.4. The van der Waals surface area contributed by atoms with E-state index in [1.807, 2.05) is 20.8 Å². The molecule has 0 aliphatic heterocycles. The number of hydrogen-bond acceptors (Lipinski definition) is 3. The number of carbonyl (C=O) groups excluding carboxylic acids is 1. The van der Waals surface area contributed by atoms with Crippen molar-refractivity contribution in [3.8, 4) is 0 Å². The van der Waals surface area contributed by atoms with Gasteiger partial charge in [0.2, 0.25) is 0 Å². The predicted molar refractivity (Wildman–Crippen MR) is 231 cm³/mol. The van der Waals surface area contributed by atoms with Gasteiger partial charge in [-0.2, -0.15) is 0 Å². The number of unbranched alkanes of at least 4 members (excludes halogenated alkanes) is 29. The van der Waals surface area contributed by atoms with Crippen LogP contribution in [0.2, 0.25) is 0 Å². The first-order valence-electron chi connectivity index (χ1n) is 23.9. The van der Waals surface area contributed by atoms with Crippen LogP contribution in [0.15, 0.2) is 0 Å². The number of ether oxygens (including phenoxy) is 1. The Bertz CT molecular complexity index is 719. The Morgan fingerprint density at radius 2 is 0.731 bits per heavy atom. The fourth-order valence-electron chi connectivity index (χ4n) is 7.79. The lowest BCUT2D eigenvalue weighted by Gasteiger charge is -2.34. The van der Waals surface area contributed by atoms with Crippen LogP contribution in [0.4, 0.5) is 4.79 Å². The largest absolute Gasteiger partial charge is 0.444 e. The molecule has 0 heterocycles. The number of aliphatic hydroxyl groups is 1. The van der Waals surface area contributed by atoms with Gasteiger partial charge in [-0.05, 0) is 59.3 Å². The van der Waals surface area contributed by atoms with E-state index in [-0.39, 0.29) is 18.2 Å². The first-order valence-corrected chi connectivity index (χ1v) is 23.9. The summed E-state index contributed by atoms with van der Waals surface area (Å²) in [6, 6.07) is 0.210. The lowest BCUT2D eigenvalue weighted by molar-refractivity contribution is 0.0129. The van der Waals surface area contributed by atoms with E-state index >= 15 is 0 Å². The molecule has 312 valence electrons. The van der Waals surface area contributed by atoms with Crippen LogP contribution < -0.4 is 0 Å². The summed E-state index contributed by atoms with van der Waals surface area (Å²) in [6.07, 6.45) is 47.1. The molecule has 0 saturated heterocycles. The standard InChI is InChI=1S/C48H97NO3/c1-7-10-13-16-19-22-23-24-25-26-27-28-29-32-35-38-44-49(47(51)52-48(4,5)6)45(40-36-33-30-20-17-14-11-8-2)41-39-43-46(50)42-37-34-31-21-18-15-12-9-3/h45-46,50H,7-44H2,1-6H3. The zero-order valence-electron chi connectivity index (χ0n) is 36.7. The molecule has 0 fully saturated rings. The first-order chi connectivity index (χ1) is 25.2. The second-order valence-electron chi connectivity index (χ2n) is 17.7. The summed E-state index contributed by atoms with van der Waals surface area (Å²) in [5, 5.41) is 10.8. The molecule has 1 amide bonds. The van der Waals surface area contributed by atoms with Gasteiger partial charge in [0.05, 0.1) is 6.10 Å². The van der Waals surface area contributed by atoms with Crippen molar-refractivity contribution in [2.45, 2.75) is 297 Å². The van der Waals surface area contributed by atoms with Gasteiger partial charge in [0, 0.05) is 12.6 Å². The molecule has 0 bridgehead atoms. The summed E-state index contributed by atoms with van der Waals surface area (Å²) >= 11 is 0. The zero-order chi connectivity index (χ0) is 38.4. The summed E-state index contributed by atoms with van der Waals surface area (Å²) in [5.74, 6) is 0. The third kappa shape index (κ3) is 36.2. The fraction of sp³-hybridized carbons (Fsp3) is 0.979. The lowest BCUT2D eigenvalue weighted by Crippen LogP contribution is -2.44. The summed E-state index contributed by atoms with van der Waals surface area (Å²) < 4.78 is 6.01. The van der Waals surface area contributed by atoms with Crippen LogP contribution in [-0.4, -0.2) is 40.4 Å². The molecule has 0 aromatic rings. The number of aliphatic hydroxyl groups excluding tert-OH is 1. The van der Waals surface area contributed by atoms with E-state index in [0.29, 0.717) is 0 Å². The molecule has 0 aromatic carbocycles. The Balaban J connectivity index is 4.78. The Hall–Kier alpha value is -0.770. The molecule has 1 N–H and O–H groups in total. The SMILES string of the molecule is CCCCCCCCCCCCCCCCCCN(C(=O)OC(C)(C)C)C(CCCCCCCCCC)CCCC(O)CCCCCCCCCC. The molecule has 0 rings (SSSR count). The van der Waals surface area contributed by atoms with Crippen LogP contribution in [0.3, 0.4) is 0 Å². The highest BCUT2D eigenvalue weighted by molar-refractivity contribution is 5.68. The monoisotopic (exact) mass is 736 g/mol. The van der Waals surface area contributed by atoms with Crippen molar-refractivity contribution in [3.63, 3.8) is 0 Å². The average molecular weight is 736 g/mol. The van der Waals surface area contributed by atoms with Crippen molar-refractivity contribution in [2.24, 2.45) is 0 Å². The van der Waals surface area contributed by atoms with Crippen molar-refractivity contribution in [1.29, 1.82) is 0 Å². The van der Waals surface area contributed by atoms with E-state index in [2.05, 4.69) is 25.7 Å². The van der Waals surface area contributed by atoms with Gasteiger partial charge in [-0.3, -0.25) is 0 Å². The Morgan fingerprint density at radius 3 is 1.10 bits per heavy atom. The van der Waals surface area contributed by atoms with Crippen LogP contribution in [0.1, 0.15) is 279 Å². The van der Waals surface area contributed by atoms with Crippen LogP contribution in [-0.2, 0) is 4.74 Å². The van der Waals surface area contributed by atoms with Crippen molar-refractivity contribution >= 4 is 6.09 Å². The molecule has 0 aliphatic carbocycles. The van der Waals surface area contributed by atoms with Gasteiger partial charge >= 0.3 is 6.09 Å². The molecule has 0 spiro atoms. The molecule has 4 heteroatoms. The summed E-state index contributed by atoms with van der Waals surface area (Å²) in [6.45, 7) is 13.6. The highest BCUT2D eigenvalue weighted by Gasteiger charge is 2.28. The number of nitrogens with zero attached hydrogens (tertiary/aromatic N) is 1. The van der Waals surface area contributed by atoms with Gasteiger partial charge in [0.15, 0.2) is 0 Å². The Morgan fingerprint density at radius 1 is 0.442 bits per heavy atom. The fourth-order valence-corrected chi connectivity index (χ4v) is 7.79. The van der Waals surface area contributed by atoms with Crippen molar-refractivity contribution < 1.29 is 14.6 Å². The van der Waals surface area contributed by atoms with Crippen LogP contribution in [0.5, 0.6) is 0 Å². The highest BCUT2D eigenvalue weighted by atomic mass is 16.6. The van der Waals surface area contributed by atoms with E-state index in [4.69, 9.17) is 4.74 Å². The maximum Gasteiger partial charge on any atom is 0.410 e. The molecular weight excluding hydrogens is 639 g/mol. The van der Waals surface area contributed by atoms with Gasteiger partial charge in [-0.15, -0.1) is 0 Å². The molecule has 0 aromatic heterocycles. The Kier molecular flexibility index (Phi) is 37.9. The molecule has 0 radical (unpaired) electrons. The molecule has 4 nitrogen and oxygen atoms in total. The third-order valence-corrected chi connectivity index (χ3v) is 11.2. The molecule has 2 unspecified atom stereocenters. The quantitative estimate of drug-likeness (QED) is 0.0638. The van der Waals surface area contributed by atoms with Crippen molar-refractivity contribution in [1.82, 2.24) is 4.90 Å². The molecule has 0 saturated carbocycles. The minimum atomic E-state index is -0.487. The summed E-state index contributed by atoms with van der Waals surface area (Å²) in [7, 11) is 0. The number of rotatable bonds is 40. The van der Waals surface area contributed by atoms with Gasteiger partial charge in [-0.1, -0.05) is 220 Å². The lowest BCUT2D eigenvalue weighted by atomic mass is 9.97. The topological polar surface area (TPSA) is 49.8 Å². The van der Waals surface area contributed by atoms with Crippen LogP contribution >= 0.6 is 0 Å². The maximum atomic E-state index is 13.7. The second-order valence-corrected chi connectivity index (χ2v) is 17.7. The smallest absolute Gasteiger partial charge is 0.410 e. The van der Waals surface area contributed by atoms with E-state index in [9.17, 15) is 9.90 Å². The van der Waals surface area contributed by atoms with Crippen molar-refractivity contribution in [3.05, 3.63) is 0 Å². The van der Waals surface area contributed by atoms with Gasteiger partial charge < -0.3 is 14.7 Å². The molecule has 52 heavy (non-hydrogen) atoms. The molecule has 2 atom stereocenters. The number of amides is 1. The van der Waals surface area contributed by atoms with Crippen molar-refractivity contribution in [2.75, 3.05) is 6.54 Å². The van der Waals surface area contributed by atoms with Crippen LogP contribution in [0, 0.1) is 0 Å². The van der Waals surface area contributed by atoms with Crippen LogP contribution in [0.25, 0.3) is 0 Å². The minimum absolute atomic E-state index is 0.127. The molecule has 0 aliphatic rings. The zero-order valence-corrected chi connectivity index (χ0v) is 36.7. The van der Waals surface area contributed by atoms with Gasteiger partial charge in [0.25, 0.3) is 0 Å². The summed E-state index contributed by atoms with van der Waals surface area (Å²) in [5.41, 5.74) is -0.487. The average Bonchev–Trinajstić information content (AvgIpc) is 3.10. The number of carbonyl (C=O) groups is 1. The first kappa shape index (κ1) is 51.2. The minimum Gasteiger partial charge on any atom is -0.444 e. The highest BCUT2D eigenvalue weighted by Crippen LogP contribution is 2.23. The maximum absolute atomic E-state index is 13.7. The van der Waals surface area contributed by atoms with Gasteiger partial charge in [-0.25, -0.2) is 4.79 Å². The van der Waals surface area contributed by atoms with E-state index in [1.54, 1.807) is 0 Å². The second kappa shape index (κ2) is 38.5. The van der Waals surface area contributed by atoms with Gasteiger partial charge in [0.1, 0.15) is 5.60 Å². The third-order valence-electron chi connectivity index (χ3n) is 11.2. The number of hydrogen-bond donors (Lipinski definition) is 1. The molecular formula is C48H97NO3.